The Bertz CT molecular complexity index is 1450. The maximum absolute atomic E-state index is 13.6. The Morgan fingerprint density at radius 1 is 0.917 bits per heavy atom. The molecular weight excluding hydrogens is 520 g/mol. The zero-order valence-corrected chi connectivity index (χ0v) is 22.9. The first-order chi connectivity index (χ1) is 16.8. The van der Waals surface area contributed by atoms with Crippen molar-refractivity contribution in [1.82, 2.24) is 5.32 Å². The number of rotatable bonds is 9. The summed E-state index contributed by atoms with van der Waals surface area (Å²) in [6, 6.07) is 17.1. The van der Waals surface area contributed by atoms with Crippen LogP contribution in [-0.4, -0.2) is 35.5 Å². The van der Waals surface area contributed by atoms with E-state index in [9.17, 15) is 21.6 Å². The standard InChI is InChI=1S/C26H29ClN2O5S2/c1-5-24(20-8-13-22(14-9-20)35(4,31)32)28-26(30)17-29(25-15-10-21(27)16-19(25)3)36(33,34)23-11-6-18(2)7-12-23/h6-16,24H,5,17H2,1-4H3,(H,28,30). The van der Waals surface area contributed by atoms with Crippen LogP contribution in [0.5, 0.6) is 0 Å². The fraction of sp³-hybridized carbons (Fsp3) is 0.269. The van der Waals surface area contributed by atoms with Gasteiger partial charge in [-0.3, -0.25) is 9.10 Å². The quantitative estimate of drug-likeness (QED) is 0.413. The lowest BCUT2D eigenvalue weighted by molar-refractivity contribution is -0.120. The third-order valence-corrected chi connectivity index (χ3v) is 8.92. The van der Waals surface area contributed by atoms with E-state index in [0.29, 0.717) is 28.3 Å². The molecule has 0 aliphatic rings. The highest BCUT2D eigenvalue weighted by Gasteiger charge is 2.29. The summed E-state index contributed by atoms with van der Waals surface area (Å²) < 4.78 is 51.9. The number of nitrogens with one attached hydrogen (secondary N) is 1. The van der Waals surface area contributed by atoms with Crippen molar-refractivity contribution in [3.63, 3.8) is 0 Å². The minimum Gasteiger partial charge on any atom is -0.348 e. The Balaban J connectivity index is 1.93. The zero-order valence-electron chi connectivity index (χ0n) is 20.5. The summed E-state index contributed by atoms with van der Waals surface area (Å²) >= 11 is 6.09. The number of nitrogens with zero attached hydrogens (tertiary/aromatic N) is 1. The van der Waals surface area contributed by atoms with Crippen molar-refractivity contribution in [1.29, 1.82) is 0 Å². The van der Waals surface area contributed by atoms with Crippen LogP contribution in [0.15, 0.2) is 76.5 Å². The highest BCUT2D eigenvalue weighted by Crippen LogP contribution is 2.29. The highest BCUT2D eigenvalue weighted by atomic mass is 35.5. The Kier molecular flexibility index (Phi) is 8.48. The van der Waals surface area contributed by atoms with Crippen LogP contribution in [0.25, 0.3) is 0 Å². The first-order valence-corrected chi connectivity index (χ1v) is 15.0. The molecule has 0 spiro atoms. The van der Waals surface area contributed by atoms with E-state index in [0.717, 1.165) is 16.1 Å². The number of halogens is 1. The SMILES string of the molecule is CCC(NC(=O)CN(c1ccc(Cl)cc1C)S(=O)(=O)c1ccc(C)cc1)c1ccc(S(C)(=O)=O)cc1. The number of anilines is 1. The van der Waals surface area contributed by atoms with Crippen LogP contribution in [0.3, 0.4) is 0 Å². The Morgan fingerprint density at radius 3 is 2.03 bits per heavy atom. The predicted molar refractivity (Wildman–Crippen MR) is 143 cm³/mol. The second kappa shape index (κ2) is 11.0. The molecule has 0 aromatic heterocycles. The van der Waals surface area contributed by atoms with Gasteiger partial charge in [-0.05, 0) is 73.9 Å². The number of benzene rings is 3. The molecule has 1 unspecified atom stereocenters. The van der Waals surface area contributed by atoms with Crippen LogP contribution in [0.1, 0.15) is 36.1 Å². The van der Waals surface area contributed by atoms with E-state index in [2.05, 4.69) is 5.32 Å². The van der Waals surface area contributed by atoms with Gasteiger partial charge in [0.15, 0.2) is 9.84 Å². The number of amides is 1. The van der Waals surface area contributed by atoms with E-state index in [-0.39, 0.29) is 9.79 Å². The predicted octanol–water partition coefficient (Wildman–Crippen LogP) is 4.82. The van der Waals surface area contributed by atoms with Gasteiger partial charge in [-0.15, -0.1) is 0 Å². The molecule has 3 aromatic rings. The van der Waals surface area contributed by atoms with E-state index >= 15 is 0 Å². The van der Waals surface area contributed by atoms with Gasteiger partial charge in [-0.25, -0.2) is 16.8 Å². The van der Waals surface area contributed by atoms with Gasteiger partial charge in [0.2, 0.25) is 5.91 Å². The largest absolute Gasteiger partial charge is 0.348 e. The van der Waals surface area contributed by atoms with Crippen molar-refractivity contribution in [2.24, 2.45) is 0 Å². The molecule has 10 heteroatoms. The number of carbonyl (C=O) groups is 1. The van der Waals surface area contributed by atoms with Gasteiger partial charge >= 0.3 is 0 Å². The third kappa shape index (κ3) is 6.46. The Morgan fingerprint density at radius 2 is 1.50 bits per heavy atom. The van der Waals surface area contributed by atoms with Gasteiger partial charge in [0.05, 0.1) is 21.5 Å². The molecule has 192 valence electrons. The molecule has 7 nitrogen and oxygen atoms in total. The van der Waals surface area contributed by atoms with E-state index in [1.165, 1.54) is 24.3 Å². The topological polar surface area (TPSA) is 101 Å². The molecule has 3 aromatic carbocycles. The molecule has 1 N–H and O–H groups in total. The Labute approximate surface area is 218 Å². The second-order valence-corrected chi connectivity index (χ2v) is 12.9. The van der Waals surface area contributed by atoms with Crippen LogP contribution in [0.4, 0.5) is 5.69 Å². The first kappa shape index (κ1) is 27.7. The highest BCUT2D eigenvalue weighted by molar-refractivity contribution is 7.93. The maximum atomic E-state index is 13.6. The maximum Gasteiger partial charge on any atom is 0.264 e. The van der Waals surface area contributed by atoms with Gasteiger partial charge in [-0.1, -0.05) is 48.4 Å². The van der Waals surface area contributed by atoms with Crippen LogP contribution in [0, 0.1) is 13.8 Å². The lowest BCUT2D eigenvalue weighted by atomic mass is 10.0. The molecule has 0 bridgehead atoms. The first-order valence-electron chi connectivity index (χ1n) is 11.3. The molecule has 1 amide bonds. The Hall–Kier alpha value is -2.88. The van der Waals surface area contributed by atoms with Crippen molar-refractivity contribution < 1.29 is 21.6 Å². The molecule has 0 saturated carbocycles. The molecule has 3 rings (SSSR count). The van der Waals surface area contributed by atoms with Gasteiger partial charge in [-0.2, -0.15) is 0 Å². The number of sulfone groups is 1. The van der Waals surface area contributed by atoms with Crippen molar-refractivity contribution in [3.8, 4) is 0 Å². The van der Waals surface area contributed by atoms with E-state index in [1.54, 1.807) is 49.4 Å². The van der Waals surface area contributed by atoms with Gasteiger partial charge in [0.1, 0.15) is 6.54 Å². The molecule has 1 atom stereocenters. The van der Waals surface area contributed by atoms with Crippen molar-refractivity contribution in [2.75, 3.05) is 17.1 Å². The summed E-state index contributed by atoms with van der Waals surface area (Å²) in [4.78, 5) is 13.4. The summed E-state index contributed by atoms with van der Waals surface area (Å²) in [6.07, 6.45) is 1.65. The average molecular weight is 549 g/mol. The van der Waals surface area contributed by atoms with Crippen molar-refractivity contribution in [2.45, 2.75) is 43.0 Å². The number of hydrogen-bond donors (Lipinski definition) is 1. The molecule has 36 heavy (non-hydrogen) atoms. The molecule has 0 aliphatic carbocycles. The lowest BCUT2D eigenvalue weighted by Gasteiger charge is -2.27. The number of carbonyl (C=O) groups excluding carboxylic acids is 1. The summed E-state index contributed by atoms with van der Waals surface area (Å²) in [7, 11) is -7.41. The minimum atomic E-state index is -4.07. The van der Waals surface area contributed by atoms with Crippen molar-refractivity contribution in [3.05, 3.63) is 88.4 Å². The molecule has 0 saturated heterocycles. The summed E-state index contributed by atoms with van der Waals surface area (Å²) in [5.74, 6) is -0.501. The molecule has 0 aliphatic heterocycles. The summed E-state index contributed by atoms with van der Waals surface area (Å²) in [5, 5.41) is 3.34. The van der Waals surface area contributed by atoms with Crippen LogP contribution in [-0.2, 0) is 24.7 Å². The molecule has 0 heterocycles. The smallest absolute Gasteiger partial charge is 0.264 e. The van der Waals surface area contributed by atoms with Crippen LogP contribution < -0.4 is 9.62 Å². The van der Waals surface area contributed by atoms with E-state index < -0.39 is 38.4 Å². The van der Waals surface area contributed by atoms with Crippen LogP contribution in [0.2, 0.25) is 5.02 Å². The minimum absolute atomic E-state index is 0.0682. The molecular formula is C26H29ClN2O5S2. The summed E-state index contributed by atoms with van der Waals surface area (Å²) in [6.45, 7) is 5.02. The summed E-state index contributed by atoms with van der Waals surface area (Å²) in [5.41, 5.74) is 2.58. The number of aryl methyl sites for hydroxylation is 2. The van der Waals surface area contributed by atoms with Gasteiger partial charge in [0.25, 0.3) is 10.0 Å². The van der Waals surface area contributed by atoms with Crippen LogP contribution >= 0.6 is 11.6 Å². The average Bonchev–Trinajstić information content (AvgIpc) is 2.81. The molecule has 0 radical (unpaired) electrons. The van der Waals surface area contributed by atoms with Crippen molar-refractivity contribution >= 4 is 43.1 Å². The van der Waals surface area contributed by atoms with E-state index in [4.69, 9.17) is 11.6 Å². The monoisotopic (exact) mass is 548 g/mol. The van der Waals surface area contributed by atoms with Gasteiger partial charge in [0, 0.05) is 11.3 Å². The van der Waals surface area contributed by atoms with E-state index in [1.807, 2.05) is 13.8 Å². The lowest BCUT2D eigenvalue weighted by Crippen LogP contribution is -2.42. The second-order valence-electron chi connectivity index (χ2n) is 8.63. The fourth-order valence-electron chi connectivity index (χ4n) is 3.77. The normalized spacial score (nSPS) is 12.7. The fourth-order valence-corrected chi connectivity index (χ4v) is 6.12. The number of hydrogen-bond acceptors (Lipinski definition) is 5. The van der Waals surface area contributed by atoms with Gasteiger partial charge < -0.3 is 5.32 Å². The molecule has 0 fully saturated rings. The zero-order chi connectivity index (χ0) is 26.7. The number of sulfonamides is 1. The third-order valence-electron chi connectivity index (χ3n) is 5.78.